The number of fused-ring (bicyclic) bond motifs is 1. The molecule has 1 aromatic rings. The molecule has 0 atom stereocenters. The molecule has 0 aliphatic carbocycles. The zero-order valence-electron chi connectivity index (χ0n) is 6.66. The second kappa shape index (κ2) is 2.85. The molecule has 0 saturated heterocycles. The quantitative estimate of drug-likeness (QED) is 0.730. The lowest BCUT2D eigenvalue weighted by Gasteiger charge is -1.94. The van der Waals surface area contributed by atoms with Gasteiger partial charge >= 0.3 is 5.97 Å². The average molecular weight is 197 g/mol. The number of thiophene rings is 1. The molecular weight excluding hydrogens is 190 g/mol. The lowest BCUT2D eigenvalue weighted by atomic mass is 10.1. The topological polar surface area (TPSA) is 66.4 Å². The summed E-state index contributed by atoms with van der Waals surface area (Å²) in [6.45, 7) is 0.540. The predicted octanol–water partition coefficient (Wildman–Crippen LogP) is 0.619. The number of carboxylic acids is 1. The van der Waals surface area contributed by atoms with Crippen LogP contribution in [-0.4, -0.2) is 17.0 Å². The molecule has 1 aliphatic heterocycles. The van der Waals surface area contributed by atoms with Crippen LogP contribution in [0, 0.1) is 0 Å². The molecule has 2 N–H and O–H groups in total. The van der Waals surface area contributed by atoms with Gasteiger partial charge in [0.2, 0.25) is 0 Å². The summed E-state index contributed by atoms with van der Waals surface area (Å²) in [6.07, 6.45) is -0.0702. The monoisotopic (exact) mass is 197 g/mol. The summed E-state index contributed by atoms with van der Waals surface area (Å²) in [4.78, 5) is 22.6. The number of carboxylic acid groups (broad SMARTS) is 1. The van der Waals surface area contributed by atoms with Gasteiger partial charge < -0.3 is 10.4 Å². The Balaban J connectivity index is 2.38. The van der Waals surface area contributed by atoms with Crippen LogP contribution in [0.4, 0.5) is 0 Å². The number of amides is 1. The van der Waals surface area contributed by atoms with E-state index in [0.717, 1.165) is 4.88 Å². The number of carbonyl (C=O) groups excluding carboxylic acids is 1. The lowest BCUT2D eigenvalue weighted by molar-refractivity contribution is -0.136. The molecule has 0 radical (unpaired) electrons. The summed E-state index contributed by atoms with van der Waals surface area (Å²) in [5.41, 5.74) is 1.20. The van der Waals surface area contributed by atoms with E-state index in [1.807, 2.05) is 0 Å². The largest absolute Gasteiger partial charge is 0.481 e. The second-order valence-electron chi connectivity index (χ2n) is 2.81. The molecule has 4 nitrogen and oxygen atoms in total. The first-order valence-electron chi connectivity index (χ1n) is 3.77. The maximum Gasteiger partial charge on any atom is 0.307 e. The van der Waals surface area contributed by atoms with Crippen molar-refractivity contribution in [3.05, 3.63) is 21.4 Å². The smallest absolute Gasteiger partial charge is 0.307 e. The fraction of sp³-hybridized carbons (Fsp3) is 0.250. The lowest BCUT2D eigenvalue weighted by Crippen LogP contribution is -2.14. The molecule has 13 heavy (non-hydrogen) atoms. The van der Waals surface area contributed by atoms with Gasteiger partial charge in [-0.3, -0.25) is 9.59 Å². The van der Waals surface area contributed by atoms with Crippen LogP contribution >= 0.6 is 11.3 Å². The Kier molecular flexibility index (Phi) is 1.81. The van der Waals surface area contributed by atoms with Crippen molar-refractivity contribution in [1.82, 2.24) is 5.32 Å². The Hall–Kier alpha value is -1.36. The highest BCUT2D eigenvalue weighted by atomic mass is 32.1. The molecule has 0 spiro atoms. The maximum absolute atomic E-state index is 11.2. The number of carbonyl (C=O) groups is 2. The van der Waals surface area contributed by atoms with Gasteiger partial charge in [0.15, 0.2) is 0 Å². The van der Waals surface area contributed by atoms with Crippen LogP contribution in [0.5, 0.6) is 0 Å². The van der Waals surface area contributed by atoms with Crippen molar-refractivity contribution in [1.29, 1.82) is 0 Å². The van der Waals surface area contributed by atoms with E-state index in [9.17, 15) is 9.59 Å². The number of rotatable bonds is 2. The number of nitrogens with one attached hydrogen (secondary N) is 1. The third-order valence-electron chi connectivity index (χ3n) is 1.92. The van der Waals surface area contributed by atoms with Crippen molar-refractivity contribution in [3.63, 3.8) is 0 Å². The van der Waals surface area contributed by atoms with Gasteiger partial charge in [0.1, 0.15) is 0 Å². The van der Waals surface area contributed by atoms with Crippen LogP contribution in [0.3, 0.4) is 0 Å². The Morgan fingerprint density at radius 1 is 1.69 bits per heavy atom. The second-order valence-corrected chi connectivity index (χ2v) is 3.78. The van der Waals surface area contributed by atoms with E-state index in [4.69, 9.17) is 5.11 Å². The van der Waals surface area contributed by atoms with Crippen molar-refractivity contribution in [3.8, 4) is 0 Å². The van der Waals surface area contributed by atoms with Crippen LogP contribution < -0.4 is 5.32 Å². The highest BCUT2D eigenvalue weighted by molar-refractivity contribution is 7.10. The maximum atomic E-state index is 11.2. The van der Waals surface area contributed by atoms with Crippen LogP contribution in [0.15, 0.2) is 5.38 Å². The minimum atomic E-state index is -0.903. The minimum Gasteiger partial charge on any atom is -0.481 e. The van der Waals surface area contributed by atoms with Crippen LogP contribution in [0.2, 0.25) is 0 Å². The molecule has 2 rings (SSSR count). The molecule has 0 saturated carbocycles. The average Bonchev–Trinajstić information content (AvgIpc) is 2.56. The Morgan fingerprint density at radius 3 is 3.15 bits per heavy atom. The summed E-state index contributed by atoms with van der Waals surface area (Å²) < 4.78 is 0. The standard InChI is InChI=1S/C8H7NO3S/c10-6(11)1-4-3-13-5-2-9-8(12)7(4)5/h3H,1-2H2,(H,9,12)(H,10,11). The van der Waals surface area contributed by atoms with Gasteiger partial charge in [0, 0.05) is 4.88 Å². The van der Waals surface area contributed by atoms with E-state index in [2.05, 4.69) is 5.32 Å². The van der Waals surface area contributed by atoms with Crippen LogP contribution in [0.25, 0.3) is 0 Å². The normalized spacial score (nSPS) is 14.0. The van der Waals surface area contributed by atoms with Crippen molar-refractivity contribution in [2.24, 2.45) is 0 Å². The van der Waals surface area contributed by atoms with Gasteiger partial charge in [-0.1, -0.05) is 0 Å². The molecule has 68 valence electrons. The molecule has 2 heterocycles. The van der Waals surface area contributed by atoms with Gasteiger partial charge in [0.25, 0.3) is 5.91 Å². The summed E-state index contributed by atoms with van der Waals surface area (Å²) in [7, 11) is 0. The summed E-state index contributed by atoms with van der Waals surface area (Å²) in [5.74, 6) is -1.05. The minimum absolute atomic E-state index is 0.0702. The number of hydrogen-bond donors (Lipinski definition) is 2. The summed E-state index contributed by atoms with van der Waals surface area (Å²) in [6, 6.07) is 0. The molecule has 0 bridgehead atoms. The van der Waals surface area contributed by atoms with E-state index in [1.54, 1.807) is 5.38 Å². The fourth-order valence-electron chi connectivity index (χ4n) is 1.38. The predicted molar refractivity (Wildman–Crippen MR) is 46.8 cm³/mol. The molecular formula is C8H7NO3S. The highest BCUT2D eigenvalue weighted by Gasteiger charge is 2.25. The SMILES string of the molecule is O=C(O)Cc1csc2c1C(=O)NC2. The molecule has 0 unspecified atom stereocenters. The first kappa shape index (κ1) is 8.25. The van der Waals surface area contributed by atoms with Crippen LogP contribution in [-0.2, 0) is 17.8 Å². The molecule has 0 fully saturated rings. The zero-order chi connectivity index (χ0) is 9.42. The van der Waals surface area contributed by atoms with Gasteiger partial charge in [-0.2, -0.15) is 0 Å². The molecule has 1 amide bonds. The summed E-state index contributed by atoms with van der Waals surface area (Å²) >= 11 is 1.44. The Morgan fingerprint density at radius 2 is 2.46 bits per heavy atom. The summed E-state index contributed by atoms with van der Waals surface area (Å²) in [5, 5.41) is 13.0. The fourth-order valence-corrected chi connectivity index (χ4v) is 2.37. The van der Waals surface area contributed by atoms with Crippen molar-refractivity contribution in [2.75, 3.05) is 0 Å². The van der Waals surface area contributed by atoms with Crippen molar-refractivity contribution >= 4 is 23.2 Å². The molecule has 5 heteroatoms. The van der Waals surface area contributed by atoms with E-state index in [1.165, 1.54) is 11.3 Å². The number of hydrogen-bond acceptors (Lipinski definition) is 3. The first-order valence-corrected chi connectivity index (χ1v) is 4.65. The highest BCUT2D eigenvalue weighted by Crippen LogP contribution is 2.26. The van der Waals surface area contributed by atoms with E-state index >= 15 is 0 Å². The Bertz CT molecular complexity index is 383. The molecule has 0 aromatic carbocycles. The van der Waals surface area contributed by atoms with Crippen LogP contribution in [0.1, 0.15) is 20.8 Å². The van der Waals surface area contributed by atoms with Gasteiger partial charge in [-0.25, -0.2) is 0 Å². The third kappa shape index (κ3) is 1.31. The molecule has 1 aliphatic rings. The molecule has 1 aromatic heterocycles. The van der Waals surface area contributed by atoms with E-state index < -0.39 is 5.97 Å². The number of aliphatic carboxylic acids is 1. The third-order valence-corrected chi connectivity index (χ3v) is 2.96. The van der Waals surface area contributed by atoms with E-state index in [-0.39, 0.29) is 12.3 Å². The van der Waals surface area contributed by atoms with Gasteiger partial charge in [0.05, 0.1) is 18.5 Å². The van der Waals surface area contributed by atoms with Crippen molar-refractivity contribution in [2.45, 2.75) is 13.0 Å². The van der Waals surface area contributed by atoms with Gasteiger partial charge in [-0.15, -0.1) is 11.3 Å². The van der Waals surface area contributed by atoms with Crippen molar-refractivity contribution < 1.29 is 14.7 Å². The first-order chi connectivity index (χ1) is 6.18. The zero-order valence-corrected chi connectivity index (χ0v) is 7.48. The van der Waals surface area contributed by atoms with Gasteiger partial charge in [-0.05, 0) is 10.9 Å². The van der Waals surface area contributed by atoms with E-state index in [0.29, 0.717) is 17.7 Å². The Labute approximate surface area is 78.2 Å².